The highest BCUT2D eigenvalue weighted by atomic mass is 79.9. The SMILES string of the molecule is C=CCC1C=CC=C(Br)C1=S. The Bertz CT molecular complexity index is 238. The smallest absolute Gasteiger partial charge is 0.0365 e. The fraction of sp³-hybridized carbons (Fsp3) is 0.222. The number of halogens is 1. The minimum Gasteiger partial charge on any atom is -0.103 e. The summed E-state index contributed by atoms with van der Waals surface area (Å²) in [6, 6.07) is 0. The first-order valence-electron chi connectivity index (χ1n) is 3.45. The molecule has 0 radical (unpaired) electrons. The second-order valence-electron chi connectivity index (χ2n) is 2.39. The lowest BCUT2D eigenvalue weighted by Crippen LogP contribution is -2.11. The van der Waals surface area contributed by atoms with Crippen LogP contribution in [0.5, 0.6) is 0 Å². The summed E-state index contributed by atoms with van der Waals surface area (Å²) in [5.41, 5.74) is 0. The van der Waals surface area contributed by atoms with Gasteiger partial charge in [-0.3, -0.25) is 0 Å². The number of thiocarbonyl (C=S) groups is 1. The zero-order chi connectivity index (χ0) is 8.27. The molecule has 1 aliphatic carbocycles. The highest BCUT2D eigenvalue weighted by Gasteiger charge is 2.14. The molecule has 0 bridgehead atoms. The standard InChI is InChI=1S/C9H9BrS/c1-2-4-7-5-3-6-8(10)9(7)11/h2-3,5-7H,1,4H2. The zero-order valence-corrected chi connectivity index (χ0v) is 8.49. The lowest BCUT2D eigenvalue weighted by Gasteiger charge is -2.14. The first kappa shape index (κ1) is 8.88. The molecule has 0 amide bonds. The van der Waals surface area contributed by atoms with Crippen LogP contribution in [-0.4, -0.2) is 4.86 Å². The average Bonchev–Trinajstić information content (AvgIpc) is 1.99. The van der Waals surface area contributed by atoms with Crippen molar-refractivity contribution >= 4 is 33.0 Å². The van der Waals surface area contributed by atoms with E-state index in [-0.39, 0.29) is 0 Å². The molecule has 0 saturated carbocycles. The second kappa shape index (κ2) is 3.98. The Morgan fingerprint density at radius 1 is 1.73 bits per heavy atom. The van der Waals surface area contributed by atoms with Gasteiger partial charge in [0, 0.05) is 15.3 Å². The van der Waals surface area contributed by atoms with Gasteiger partial charge in [0.1, 0.15) is 0 Å². The fourth-order valence-corrected chi connectivity index (χ4v) is 1.68. The van der Waals surface area contributed by atoms with Gasteiger partial charge in [-0.1, -0.05) is 30.4 Å². The first-order valence-corrected chi connectivity index (χ1v) is 4.65. The lowest BCUT2D eigenvalue weighted by atomic mass is 9.97. The Morgan fingerprint density at radius 2 is 2.45 bits per heavy atom. The third-order valence-corrected chi connectivity index (χ3v) is 3.06. The van der Waals surface area contributed by atoms with Crippen molar-refractivity contribution < 1.29 is 0 Å². The molecule has 0 heterocycles. The van der Waals surface area contributed by atoms with Crippen molar-refractivity contribution in [3.05, 3.63) is 35.4 Å². The van der Waals surface area contributed by atoms with Crippen LogP contribution in [0.1, 0.15) is 6.42 Å². The molecule has 1 aliphatic rings. The van der Waals surface area contributed by atoms with Gasteiger partial charge in [0.2, 0.25) is 0 Å². The van der Waals surface area contributed by atoms with Gasteiger partial charge in [0.25, 0.3) is 0 Å². The topological polar surface area (TPSA) is 0 Å². The van der Waals surface area contributed by atoms with E-state index >= 15 is 0 Å². The van der Waals surface area contributed by atoms with Crippen molar-refractivity contribution in [2.75, 3.05) is 0 Å². The molecule has 0 aromatic carbocycles. The molecule has 0 fully saturated rings. The van der Waals surface area contributed by atoms with E-state index in [4.69, 9.17) is 12.2 Å². The summed E-state index contributed by atoms with van der Waals surface area (Å²) < 4.78 is 1.03. The Labute approximate surface area is 80.8 Å². The van der Waals surface area contributed by atoms with Crippen LogP contribution in [-0.2, 0) is 0 Å². The van der Waals surface area contributed by atoms with E-state index in [0.717, 1.165) is 15.8 Å². The van der Waals surface area contributed by atoms with Crippen LogP contribution in [0.2, 0.25) is 0 Å². The van der Waals surface area contributed by atoms with E-state index < -0.39 is 0 Å². The third-order valence-electron chi connectivity index (χ3n) is 1.58. The maximum atomic E-state index is 5.20. The minimum atomic E-state index is 0.363. The summed E-state index contributed by atoms with van der Waals surface area (Å²) in [4.78, 5) is 0.979. The normalized spacial score (nSPS) is 23.2. The van der Waals surface area contributed by atoms with Gasteiger partial charge in [-0.2, -0.15) is 0 Å². The number of hydrogen-bond acceptors (Lipinski definition) is 1. The molecule has 0 N–H and O–H groups in total. The Balaban J connectivity index is 2.73. The summed E-state index contributed by atoms with van der Waals surface area (Å²) in [5.74, 6) is 0.363. The van der Waals surface area contributed by atoms with Gasteiger partial charge in [-0.15, -0.1) is 6.58 Å². The Kier molecular flexibility index (Phi) is 3.21. The molecule has 1 rings (SSSR count). The van der Waals surface area contributed by atoms with Crippen LogP contribution in [0.4, 0.5) is 0 Å². The van der Waals surface area contributed by atoms with E-state index in [0.29, 0.717) is 5.92 Å². The average molecular weight is 229 g/mol. The minimum absolute atomic E-state index is 0.363. The van der Waals surface area contributed by atoms with Crippen molar-refractivity contribution in [2.45, 2.75) is 6.42 Å². The predicted octanol–water partition coefficient (Wildman–Crippen LogP) is 3.40. The van der Waals surface area contributed by atoms with E-state index in [1.54, 1.807) is 0 Å². The van der Waals surface area contributed by atoms with Crippen LogP contribution in [0.25, 0.3) is 0 Å². The number of rotatable bonds is 2. The van der Waals surface area contributed by atoms with Gasteiger partial charge in [0.15, 0.2) is 0 Å². The summed E-state index contributed by atoms with van der Waals surface area (Å²) in [7, 11) is 0. The quantitative estimate of drug-likeness (QED) is 0.516. The van der Waals surface area contributed by atoms with Crippen LogP contribution >= 0.6 is 28.1 Å². The molecular weight excluding hydrogens is 220 g/mol. The van der Waals surface area contributed by atoms with Crippen molar-refractivity contribution in [1.82, 2.24) is 0 Å². The van der Waals surface area contributed by atoms with E-state index in [2.05, 4.69) is 28.6 Å². The van der Waals surface area contributed by atoms with Crippen molar-refractivity contribution in [3.63, 3.8) is 0 Å². The molecule has 1 atom stereocenters. The Hall–Kier alpha value is -0.210. The van der Waals surface area contributed by atoms with E-state index in [1.807, 2.05) is 18.2 Å². The molecule has 0 aliphatic heterocycles. The zero-order valence-electron chi connectivity index (χ0n) is 6.09. The lowest BCUT2D eigenvalue weighted by molar-refractivity contribution is 0.894. The summed E-state index contributed by atoms with van der Waals surface area (Å²) in [6.45, 7) is 3.69. The van der Waals surface area contributed by atoms with Crippen molar-refractivity contribution in [3.8, 4) is 0 Å². The molecule has 0 saturated heterocycles. The molecule has 0 aromatic heterocycles. The maximum Gasteiger partial charge on any atom is 0.0365 e. The van der Waals surface area contributed by atoms with Gasteiger partial charge < -0.3 is 0 Å². The molecular formula is C9H9BrS. The highest BCUT2D eigenvalue weighted by Crippen LogP contribution is 2.23. The molecule has 0 aromatic rings. The van der Waals surface area contributed by atoms with Gasteiger partial charge in [0.05, 0.1) is 0 Å². The predicted molar refractivity (Wildman–Crippen MR) is 57.1 cm³/mol. The molecule has 11 heavy (non-hydrogen) atoms. The third kappa shape index (κ3) is 2.11. The van der Waals surface area contributed by atoms with E-state index in [1.165, 1.54) is 0 Å². The molecule has 1 unspecified atom stereocenters. The molecule has 0 nitrogen and oxygen atoms in total. The maximum absolute atomic E-state index is 5.20. The van der Waals surface area contributed by atoms with Crippen LogP contribution in [0, 0.1) is 5.92 Å². The van der Waals surface area contributed by atoms with Crippen LogP contribution in [0.15, 0.2) is 35.4 Å². The monoisotopic (exact) mass is 228 g/mol. The molecule has 58 valence electrons. The summed E-state index contributed by atoms with van der Waals surface area (Å²) in [6.07, 6.45) is 8.93. The highest BCUT2D eigenvalue weighted by molar-refractivity contribution is 9.12. The van der Waals surface area contributed by atoms with Gasteiger partial charge in [-0.05, 0) is 28.4 Å². The largest absolute Gasteiger partial charge is 0.103 e. The van der Waals surface area contributed by atoms with Gasteiger partial charge >= 0.3 is 0 Å². The molecule has 2 heteroatoms. The first-order chi connectivity index (χ1) is 5.25. The summed E-state index contributed by atoms with van der Waals surface area (Å²) >= 11 is 8.60. The van der Waals surface area contributed by atoms with E-state index in [9.17, 15) is 0 Å². The van der Waals surface area contributed by atoms with Crippen LogP contribution < -0.4 is 0 Å². The van der Waals surface area contributed by atoms with Crippen molar-refractivity contribution in [1.29, 1.82) is 0 Å². The number of hydrogen-bond donors (Lipinski definition) is 0. The second-order valence-corrected chi connectivity index (χ2v) is 3.69. The van der Waals surface area contributed by atoms with Crippen molar-refractivity contribution in [2.24, 2.45) is 5.92 Å². The number of allylic oxidation sites excluding steroid dienone is 5. The van der Waals surface area contributed by atoms with Crippen LogP contribution in [0.3, 0.4) is 0 Å². The summed E-state index contributed by atoms with van der Waals surface area (Å²) in [5, 5.41) is 0. The van der Waals surface area contributed by atoms with Gasteiger partial charge in [-0.25, -0.2) is 0 Å². The fourth-order valence-electron chi connectivity index (χ4n) is 0.986. The molecule has 0 spiro atoms. The Morgan fingerprint density at radius 3 is 3.09 bits per heavy atom.